The van der Waals surface area contributed by atoms with Crippen LogP contribution in [0.5, 0.6) is 0 Å². The summed E-state index contributed by atoms with van der Waals surface area (Å²) < 4.78 is 8.98. The molecule has 0 aliphatic carbocycles. The average molecular weight is 214 g/mol. The Balaban J connectivity index is 2.63. The monoisotopic (exact) mass is 214 g/mol. The van der Waals surface area contributed by atoms with Gasteiger partial charge in [0.05, 0.1) is 5.69 Å². The van der Waals surface area contributed by atoms with Crippen LogP contribution in [0.2, 0.25) is 0 Å². The number of para-hydroxylation sites is 1. The highest BCUT2D eigenvalue weighted by atomic mass is 16.1. The highest BCUT2D eigenvalue weighted by Crippen LogP contribution is 2.13. The molecule has 0 aliphatic heterocycles. The zero-order chi connectivity index (χ0) is 12.3. The molecule has 1 aromatic heterocycles. The van der Waals surface area contributed by atoms with Crippen LogP contribution in [-0.4, -0.2) is 4.57 Å². The molecule has 2 heteroatoms. The highest BCUT2D eigenvalue weighted by Gasteiger charge is 2.03. The van der Waals surface area contributed by atoms with E-state index in [0.29, 0.717) is 0 Å². The molecule has 0 bridgehead atoms. The maximum Gasteiger partial charge on any atom is 0.255 e. The number of rotatable bonds is 2. The van der Waals surface area contributed by atoms with E-state index < -0.39 is 0 Å². The Kier molecular flexibility index (Phi) is 2.56. The Hall–Kier alpha value is -1.83. The first kappa shape index (κ1) is 9.40. The van der Waals surface area contributed by atoms with E-state index in [9.17, 15) is 4.79 Å². The largest absolute Gasteiger partial charge is 0.284 e. The van der Waals surface area contributed by atoms with Gasteiger partial charge in [0.25, 0.3) is 5.56 Å². The van der Waals surface area contributed by atoms with Crippen molar-refractivity contribution in [3.63, 3.8) is 0 Å². The van der Waals surface area contributed by atoms with Gasteiger partial charge in [-0.05, 0) is 30.5 Å². The molecular weight excluding hydrogens is 198 g/mol. The number of nitrogens with zero attached hydrogens (tertiary/aromatic N) is 1. The van der Waals surface area contributed by atoms with Gasteiger partial charge in [-0.2, -0.15) is 0 Å². The van der Waals surface area contributed by atoms with Crippen molar-refractivity contribution in [3.8, 4) is 5.69 Å². The van der Waals surface area contributed by atoms with Crippen LogP contribution in [-0.2, 0) is 6.42 Å². The Morgan fingerprint density at radius 2 is 2.06 bits per heavy atom. The summed E-state index contributed by atoms with van der Waals surface area (Å²) in [5.41, 5.74) is 2.84. The summed E-state index contributed by atoms with van der Waals surface area (Å²) in [7, 11) is 0. The van der Waals surface area contributed by atoms with Crippen LogP contribution in [0.3, 0.4) is 0 Å². The van der Waals surface area contributed by atoms with Crippen LogP contribution in [0.1, 0.15) is 19.4 Å². The van der Waals surface area contributed by atoms with Gasteiger partial charge in [-0.1, -0.05) is 31.2 Å². The van der Waals surface area contributed by atoms with E-state index >= 15 is 0 Å². The van der Waals surface area contributed by atoms with Gasteiger partial charge in [-0.15, -0.1) is 0 Å². The third-order valence-electron chi connectivity index (χ3n) is 2.60. The summed E-state index contributed by atoms with van der Waals surface area (Å²) >= 11 is 0. The fourth-order valence-corrected chi connectivity index (χ4v) is 1.76. The van der Waals surface area contributed by atoms with Gasteiger partial charge < -0.3 is 0 Å². The molecule has 0 N–H and O–H groups in total. The fraction of sp³-hybridized carbons (Fsp3) is 0.214. The molecule has 0 fully saturated rings. The van der Waals surface area contributed by atoms with E-state index in [1.54, 1.807) is 16.8 Å². The van der Waals surface area contributed by atoms with E-state index in [1.165, 1.54) is 6.07 Å². The smallest absolute Gasteiger partial charge is 0.255 e. The zero-order valence-corrected chi connectivity index (χ0v) is 9.31. The van der Waals surface area contributed by atoms with Crippen molar-refractivity contribution in [2.45, 2.75) is 20.2 Å². The first-order chi connectivity index (χ1) is 8.26. The Morgan fingerprint density at radius 3 is 2.81 bits per heavy atom. The van der Waals surface area contributed by atoms with E-state index in [-0.39, 0.29) is 12.5 Å². The van der Waals surface area contributed by atoms with Crippen molar-refractivity contribution >= 4 is 0 Å². The van der Waals surface area contributed by atoms with Gasteiger partial charge >= 0.3 is 0 Å². The van der Waals surface area contributed by atoms with Crippen molar-refractivity contribution in [3.05, 3.63) is 64.1 Å². The number of pyridine rings is 1. The van der Waals surface area contributed by atoms with E-state index in [1.807, 2.05) is 24.3 Å². The van der Waals surface area contributed by atoms with E-state index in [0.717, 1.165) is 23.2 Å². The van der Waals surface area contributed by atoms with Crippen LogP contribution in [0, 0.1) is 6.90 Å². The molecule has 2 aromatic rings. The third kappa shape index (κ3) is 1.91. The summed E-state index contributed by atoms with van der Waals surface area (Å²) in [6.07, 6.45) is 2.64. The molecule has 2 nitrogen and oxygen atoms in total. The fourth-order valence-electron chi connectivity index (χ4n) is 1.76. The SMILES string of the molecule is [2H]Cc1ccc(=O)n(-c2ccccc2CC)c1. The summed E-state index contributed by atoms with van der Waals surface area (Å²) in [6.45, 7) is 2.26. The summed E-state index contributed by atoms with van der Waals surface area (Å²) in [4.78, 5) is 11.9. The second-order valence-electron chi connectivity index (χ2n) is 3.73. The second kappa shape index (κ2) is 4.35. The molecule has 0 amide bonds. The molecule has 0 unspecified atom stereocenters. The lowest BCUT2D eigenvalue weighted by atomic mass is 10.1. The lowest BCUT2D eigenvalue weighted by molar-refractivity contribution is 0.946. The molecule has 0 saturated carbocycles. The van der Waals surface area contributed by atoms with Gasteiger partial charge in [0.2, 0.25) is 0 Å². The van der Waals surface area contributed by atoms with Crippen molar-refractivity contribution < 1.29 is 1.37 Å². The number of hydrogen-bond acceptors (Lipinski definition) is 1. The zero-order valence-electron chi connectivity index (χ0n) is 10.3. The minimum Gasteiger partial charge on any atom is -0.284 e. The predicted octanol–water partition coefficient (Wildman–Crippen LogP) is 2.71. The lowest BCUT2D eigenvalue weighted by Gasteiger charge is -2.10. The Morgan fingerprint density at radius 1 is 1.25 bits per heavy atom. The number of hydrogen-bond donors (Lipinski definition) is 0. The molecule has 2 rings (SSSR count). The topological polar surface area (TPSA) is 22.0 Å². The molecule has 0 aliphatic rings. The first-order valence-corrected chi connectivity index (χ1v) is 5.35. The van der Waals surface area contributed by atoms with Gasteiger partial charge in [-0.25, -0.2) is 0 Å². The number of benzene rings is 1. The van der Waals surface area contributed by atoms with E-state index in [2.05, 4.69) is 6.92 Å². The van der Waals surface area contributed by atoms with Crippen LogP contribution < -0.4 is 5.56 Å². The molecule has 0 atom stereocenters. The van der Waals surface area contributed by atoms with Gasteiger partial charge in [-0.3, -0.25) is 9.36 Å². The van der Waals surface area contributed by atoms with Crippen molar-refractivity contribution in [1.29, 1.82) is 0 Å². The molecule has 0 radical (unpaired) electrons. The Bertz CT molecular complexity index is 574. The normalized spacial score (nSPS) is 11.2. The average Bonchev–Trinajstić information content (AvgIpc) is 2.39. The molecule has 1 heterocycles. The quantitative estimate of drug-likeness (QED) is 0.753. The molecule has 82 valence electrons. The standard InChI is InChI=1S/C14H15NO/c1-3-12-6-4-5-7-13(12)15-10-11(2)8-9-14(15)16/h4-10H,3H2,1-2H3/i2D. The third-order valence-corrected chi connectivity index (χ3v) is 2.60. The predicted molar refractivity (Wildman–Crippen MR) is 66.2 cm³/mol. The van der Waals surface area contributed by atoms with Crippen LogP contribution >= 0.6 is 0 Å². The maximum atomic E-state index is 11.9. The Labute approximate surface area is 96.6 Å². The molecule has 0 spiro atoms. The van der Waals surface area contributed by atoms with Crippen molar-refractivity contribution in [2.24, 2.45) is 0 Å². The van der Waals surface area contributed by atoms with Crippen LogP contribution in [0.15, 0.2) is 47.4 Å². The van der Waals surface area contributed by atoms with Crippen molar-refractivity contribution in [1.82, 2.24) is 4.57 Å². The molecule has 16 heavy (non-hydrogen) atoms. The van der Waals surface area contributed by atoms with Gasteiger partial charge in [0.15, 0.2) is 0 Å². The van der Waals surface area contributed by atoms with Gasteiger partial charge in [0.1, 0.15) is 0 Å². The summed E-state index contributed by atoms with van der Waals surface area (Å²) in [6, 6.07) is 11.1. The highest BCUT2D eigenvalue weighted by molar-refractivity contribution is 5.41. The van der Waals surface area contributed by atoms with Crippen LogP contribution in [0.4, 0.5) is 0 Å². The van der Waals surface area contributed by atoms with E-state index in [4.69, 9.17) is 1.37 Å². The number of aromatic nitrogens is 1. The lowest BCUT2D eigenvalue weighted by Crippen LogP contribution is -2.17. The summed E-state index contributed by atoms with van der Waals surface area (Å²) in [5.74, 6) is 0. The minimum atomic E-state index is -0.0527. The van der Waals surface area contributed by atoms with Crippen molar-refractivity contribution in [2.75, 3.05) is 0 Å². The molecule has 0 saturated heterocycles. The number of aryl methyl sites for hydroxylation is 2. The molecule has 1 aromatic carbocycles. The van der Waals surface area contributed by atoms with Crippen LogP contribution in [0.25, 0.3) is 5.69 Å². The van der Waals surface area contributed by atoms with Gasteiger partial charge in [0, 0.05) is 13.6 Å². The minimum absolute atomic E-state index is 0.0527. The summed E-state index contributed by atoms with van der Waals surface area (Å²) in [5, 5.41) is 0. The first-order valence-electron chi connectivity index (χ1n) is 6.06. The second-order valence-corrected chi connectivity index (χ2v) is 3.73. The maximum absolute atomic E-state index is 11.9. The molecular formula is C14H15NO.